The van der Waals surface area contributed by atoms with E-state index in [1.807, 2.05) is 6.92 Å². The lowest BCUT2D eigenvalue weighted by Gasteiger charge is -2.25. The molecule has 1 amide bonds. The molecule has 0 radical (unpaired) electrons. The molecule has 1 heterocycles. The largest absolute Gasteiger partial charge is 0.366 e. The van der Waals surface area contributed by atoms with Gasteiger partial charge in [0.25, 0.3) is 0 Å². The number of carbonyl (C=O) groups excluding carboxylic acids is 2. The highest BCUT2D eigenvalue weighted by Gasteiger charge is 2.46. The van der Waals surface area contributed by atoms with Crippen LogP contribution in [-0.4, -0.2) is 34.7 Å². The first-order valence-electron chi connectivity index (χ1n) is 10.5. The van der Waals surface area contributed by atoms with E-state index in [2.05, 4.69) is 57.1 Å². The molecule has 0 aromatic carbocycles. The van der Waals surface area contributed by atoms with E-state index in [0.29, 0.717) is 21.3 Å². The van der Waals surface area contributed by atoms with Crippen molar-refractivity contribution in [3.05, 3.63) is 44.9 Å². The summed E-state index contributed by atoms with van der Waals surface area (Å²) in [7, 11) is 0. The van der Waals surface area contributed by atoms with Gasteiger partial charge in [0.15, 0.2) is 6.29 Å². The second kappa shape index (κ2) is 11.6. The van der Waals surface area contributed by atoms with Crippen molar-refractivity contribution in [3.8, 4) is 0 Å². The summed E-state index contributed by atoms with van der Waals surface area (Å²) in [6.07, 6.45) is 14.0. The number of ether oxygens (including phenoxy) is 1. The van der Waals surface area contributed by atoms with Gasteiger partial charge in [0.1, 0.15) is 5.60 Å². The maximum absolute atomic E-state index is 12.3. The fourth-order valence-corrected chi connectivity index (χ4v) is 5.21. The van der Waals surface area contributed by atoms with E-state index in [-0.39, 0.29) is 11.7 Å². The Hall–Kier alpha value is -1.02. The van der Waals surface area contributed by atoms with E-state index in [1.165, 1.54) is 31.8 Å². The fourth-order valence-electron chi connectivity index (χ4n) is 3.74. The van der Waals surface area contributed by atoms with Gasteiger partial charge in [-0.15, -0.1) is 0 Å². The predicted molar refractivity (Wildman–Crippen MR) is 126 cm³/mol. The number of rotatable bonds is 9. The molecule has 7 heteroatoms. The van der Waals surface area contributed by atoms with Crippen LogP contribution in [0, 0.1) is 5.92 Å². The molecule has 1 aliphatic heterocycles. The van der Waals surface area contributed by atoms with Crippen LogP contribution in [0.4, 0.5) is 0 Å². The molecule has 1 fully saturated rings. The summed E-state index contributed by atoms with van der Waals surface area (Å²) in [4.78, 5) is 24.2. The molecule has 0 aromatic heterocycles. The maximum Gasteiger partial charge on any atom is 0.244 e. The Bertz CT molecular complexity index is 747. The Labute approximate surface area is 196 Å². The number of allylic oxidation sites excluding steroid dienone is 5. The summed E-state index contributed by atoms with van der Waals surface area (Å²) in [5.74, 6) is 0.000901. The topological polar surface area (TPSA) is 75.6 Å². The van der Waals surface area contributed by atoms with Crippen molar-refractivity contribution in [1.82, 2.24) is 5.32 Å². The molecule has 1 aliphatic carbocycles. The third-order valence-electron chi connectivity index (χ3n) is 5.28. The lowest BCUT2D eigenvalue weighted by atomic mass is 9.92. The van der Waals surface area contributed by atoms with E-state index < -0.39 is 17.9 Å². The van der Waals surface area contributed by atoms with Gasteiger partial charge in [0, 0.05) is 12.5 Å². The van der Waals surface area contributed by atoms with Crippen molar-refractivity contribution >= 4 is 43.6 Å². The number of ketones is 1. The Morgan fingerprint density at radius 3 is 2.60 bits per heavy atom. The zero-order chi connectivity index (χ0) is 22.3. The van der Waals surface area contributed by atoms with E-state index >= 15 is 0 Å². The molecule has 2 aliphatic rings. The van der Waals surface area contributed by atoms with Gasteiger partial charge < -0.3 is 15.2 Å². The zero-order valence-electron chi connectivity index (χ0n) is 17.8. The minimum Gasteiger partial charge on any atom is -0.366 e. The number of hydrogen-bond donors (Lipinski definition) is 2. The van der Waals surface area contributed by atoms with Gasteiger partial charge in [-0.25, -0.2) is 0 Å². The highest BCUT2D eigenvalue weighted by molar-refractivity contribution is 9.13. The summed E-state index contributed by atoms with van der Waals surface area (Å²) < 4.78 is 6.39. The minimum atomic E-state index is -1.16. The SMILES string of the molecule is CCCCCCC(C)C=C(C)C=CC(=O)NC1CC2(C=C(Br)C(=O)C(Br)=C2)OC1O. The van der Waals surface area contributed by atoms with Crippen LogP contribution in [0.2, 0.25) is 0 Å². The highest BCUT2D eigenvalue weighted by atomic mass is 79.9. The van der Waals surface area contributed by atoms with Crippen LogP contribution >= 0.6 is 31.9 Å². The number of unbranched alkanes of at least 4 members (excludes halogenated alkanes) is 3. The Kier molecular flexibility index (Phi) is 9.72. The number of nitrogens with one attached hydrogen (secondary N) is 1. The van der Waals surface area contributed by atoms with Crippen molar-refractivity contribution in [2.45, 2.75) is 77.2 Å². The number of amides is 1. The van der Waals surface area contributed by atoms with Crippen molar-refractivity contribution in [3.63, 3.8) is 0 Å². The fraction of sp³-hybridized carbons (Fsp3) is 0.565. The zero-order valence-corrected chi connectivity index (χ0v) is 21.0. The second-order valence-corrected chi connectivity index (χ2v) is 9.88. The van der Waals surface area contributed by atoms with Gasteiger partial charge in [-0.05, 0) is 63.3 Å². The lowest BCUT2D eigenvalue weighted by molar-refractivity contribution is -0.126. The Balaban J connectivity index is 1.89. The van der Waals surface area contributed by atoms with Gasteiger partial charge in [-0.1, -0.05) is 57.3 Å². The molecule has 2 rings (SSSR count). The first-order valence-corrected chi connectivity index (χ1v) is 12.1. The normalized spacial score (nSPS) is 24.9. The van der Waals surface area contributed by atoms with Crippen molar-refractivity contribution < 1.29 is 19.4 Å². The molecular formula is C23H31Br2NO4. The Morgan fingerprint density at radius 1 is 1.30 bits per heavy atom. The van der Waals surface area contributed by atoms with E-state index in [9.17, 15) is 14.7 Å². The van der Waals surface area contributed by atoms with Gasteiger partial charge in [0.05, 0.1) is 15.0 Å². The molecule has 3 atom stereocenters. The van der Waals surface area contributed by atoms with E-state index in [4.69, 9.17) is 4.74 Å². The number of carbonyl (C=O) groups is 2. The van der Waals surface area contributed by atoms with Crippen molar-refractivity contribution in [2.75, 3.05) is 0 Å². The first-order chi connectivity index (χ1) is 14.2. The molecule has 2 N–H and O–H groups in total. The van der Waals surface area contributed by atoms with Gasteiger partial charge in [-0.2, -0.15) is 0 Å². The molecule has 3 unspecified atom stereocenters. The van der Waals surface area contributed by atoms with Crippen molar-refractivity contribution in [2.24, 2.45) is 5.92 Å². The summed E-state index contributed by atoms with van der Waals surface area (Å²) in [5.41, 5.74) is 0.104. The monoisotopic (exact) mass is 543 g/mol. The Morgan fingerprint density at radius 2 is 1.97 bits per heavy atom. The van der Waals surface area contributed by atoms with Gasteiger partial charge in [0.2, 0.25) is 11.7 Å². The quantitative estimate of drug-likeness (QED) is 0.238. The molecule has 1 spiro atoms. The van der Waals surface area contributed by atoms with Gasteiger partial charge in [-0.3, -0.25) is 9.59 Å². The molecule has 5 nitrogen and oxygen atoms in total. The van der Waals surface area contributed by atoms with Crippen molar-refractivity contribution in [1.29, 1.82) is 0 Å². The summed E-state index contributed by atoms with van der Waals surface area (Å²) in [6.45, 7) is 6.39. The second-order valence-electron chi connectivity index (χ2n) is 8.17. The number of hydrogen-bond acceptors (Lipinski definition) is 4. The minimum absolute atomic E-state index is 0.184. The van der Waals surface area contributed by atoms with Crippen LogP contribution in [-0.2, 0) is 14.3 Å². The first kappa shape index (κ1) is 25.2. The molecule has 166 valence electrons. The number of aliphatic hydroxyl groups is 1. The molecule has 0 aromatic rings. The average molecular weight is 545 g/mol. The number of aliphatic hydroxyl groups excluding tert-OH is 1. The summed E-state index contributed by atoms with van der Waals surface area (Å²) in [6, 6.07) is -0.578. The third-order valence-corrected chi connectivity index (χ3v) is 6.46. The van der Waals surface area contributed by atoms with Gasteiger partial charge >= 0.3 is 0 Å². The summed E-state index contributed by atoms with van der Waals surface area (Å²) in [5, 5.41) is 13.1. The molecule has 30 heavy (non-hydrogen) atoms. The predicted octanol–water partition coefficient (Wildman–Crippen LogP) is 5.20. The average Bonchev–Trinajstić information content (AvgIpc) is 2.96. The smallest absolute Gasteiger partial charge is 0.244 e. The van der Waals surface area contributed by atoms with Crippen LogP contribution in [0.25, 0.3) is 0 Å². The lowest BCUT2D eigenvalue weighted by Crippen LogP contribution is -2.39. The number of halogens is 2. The summed E-state index contributed by atoms with van der Waals surface area (Å²) >= 11 is 6.46. The van der Waals surface area contributed by atoms with Crippen LogP contribution < -0.4 is 5.32 Å². The van der Waals surface area contributed by atoms with Crippen LogP contribution in [0.1, 0.15) is 59.3 Å². The van der Waals surface area contributed by atoms with Crippen LogP contribution in [0.15, 0.2) is 44.9 Å². The molecule has 0 bridgehead atoms. The standard InChI is InChI=1S/C23H31Br2NO4/c1-4-5-6-7-8-15(2)11-16(3)9-10-20(27)26-19-14-23(30-22(19)29)12-17(24)21(28)18(25)13-23/h9-13,15,19,22,29H,4-8,14H2,1-3H3,(H,26,27). The van der Waals surface area contributed by atoms with E-state index in [0.717, 1.165) is 12.0 Å². The third kappa shape index (κ3) is 7.29. The molecule has 0 saturated carbocycles. The van der Waals surface area contributed by atoms with Crippen LogP contribution in [0.3, 0.4) is 0 Å². The highest BCUT2D eigenvalue weighted by Crippen LogP contribution is 2.40. The van der Waals surface area contributed by atoms with E-state index in [1.54, 1.807) is 18.2 Å². The van der Waals surface area contributed by atoms with Crippen LogP contribution in [0.5, 0.6) is 0 Å². The number of Topliss-reactive ketones (excluding diaryl/α,β-unsaturated/α-hetero) is 1. The molecule has 1 saturated heterocycles. The maximum atomic E-state index is 12.3. The molecular weight excluding hydrogens is 514 g/mol.